The molecule has 0 saturated carbocycles. The molecule has 0 N–H and O–H groups in total. The van der Waals surface area contributed by atoms with E-state index < -0.39 is 0 Å². The predicted molar refractivity (Wildman–Crippen MR) is 92.2 cm³/mol. The average Bonchev–Trinajstić information content (AvgIpc) is 2.89. The van der Waals surface area contributed by atoms with Crippen LogP contribution >= 0.6 is 0 Å². The number of carbonyl (C=O) groups excluding carboxylic acids is 3. The Bertz CT molecular complexity index is 638. The van der Waals surface area contributed by atoms with E-state index in [2.05, 4.69) is 0 Å². The molecule has 0 radical (unpaired) electrons. The van der Waals surface area contributed by atoms with Gasteiger partial charge in [0.15, 0.2) is 0 Å². The summed E-state index contributed by atoms with van der Waals surface area (Å²) in [6.07, 6.45) is 2.21. The number of carbonyl (C=O) groups is 3. The smallest absolute Gasteiger partial charge is 0.261 e. The Morgan fingerprint density at radius 1 is 1.20 bits per heavy atom. The van der Waals surface area contributed by atoms with E-state index >= 15 is 0 Å². The van der Waals surface area contributed by atoms with Crippen LogP contribution in [0.3, 0.4) is 0 Å². The van der Waals surface area contributed by atoms with Crippen molar-refractivity contribution >= 4 is 17.7 Å². The number of hydrogen-bond acceptors (Lipinski definition) is 4. The van der Waals surface area contributed by atoms with Gasteiger partial charge in [0.25, 0.3) is 11.8 Å². The Morgan fingerprint density at radius 3 is 2.52 bits per heavy atom. The van der Waals surface area contributed by atoms with Gasteiger partial charge in [-0.3, -0.25) is 19.3 Å². The second-order valence-corrected chi connectivity index (χ2v) is 6.57. The van der Waals surface area contributed by atoms with E-state index in [1.807, 2.05) is 11.8 Å². The quantitative estimate of drug-likeness (QED) is 0.740. The van der Waals surface area contributed by atoms with Crippen LogP contribution < -0.4 is 0 Å². The number of imide groups is 1. The van der Waals surface area contributed by atoms with Crippen molar-refractivity contribution in [3.05, 3.63) is 35.4 Å². The lowest BCUT2D eigenvalue weighted by Crippen LogP contribution is -2.43. The molecule has 0 bridgehead atoms. The molecule has 0 aliphatic carbocycles. The zero-order chi connectivity index (χ0) is 17.8. The first-order valence-corrected chi connectivity index (χ1v) is 8.92. The van der Waals surface area contributed by atoms with Crippen molar-refractivity contribution in [3.8, 4) is 0 Å². The fourth-order valence-corrected chi connectivity index (χ4v) is 3.52. The first-order chi connectivity index (χ1) is 12.1. The van der Waals surface area contributed by atoms with E-state index in [1.54, 1.807) is 24.3 Å². The molecule has 2 aliphatic heterocycles. The molecule has 1 aromatic rings. The summed E-state index contributed by atoms with van der Waals surface area (Å²) in [7, 11) is 0. The first-order valence-electron chi connectivity index (χ1n) is 8.92. The van der Waals surface area contributed by atoms with Crippen molar-refractivity contribution in [3.63, 3.8) is 0 Å². The molecule has 1 fully saturated rings. The number of benzene rings is 1. The minimum Gasteiger partial charge on any atom is -0.381 e. The molecule has 6 nitrogen and oxygen atoms in total. The van der Waals surface area contributed by atoms with Crippen LogP contribution in [0.25, 0.3) is 0 Å². The normalized spacial score (nSPS) is 20.1. The molecular formula is C19H24N2O4. The molecule has 2 heterocycles. The van der Waals surface area contributed by atoms with Crippen LogP contribution in [0.1, 0.15) is 46.9 Å². The number of hydrogen-bond donors (Lipinski definition) is 0. The van der Waals surface area contributed by atoms with Crippen LogP contribution in [0.4, 0.5) is 0 Å². The molecule has 0 unspecified atom stereocenters. The van der Waals surface area contributed by atoms with Gasteiger partial charge >= 0.3 is 0 Å². The van der Waals surface area contributed by atoms with Gasteiger partial charge in [-0.05, 0) is 37.8 Å². The molecule has 25 heavy (non-hydrogen) atoms. The van der Waals surface area contributed by atoms with Crippen molar-refractivity contribution in [2.24, 2.45) is 5.92 Å². The SMILES string of the molecule is CCOC[C@@H]1CCCN(C(=O)CCN2C(=O)c3ccccc3C2=O)C1. The maximum atomic E-state index is 12.5. The largest absolute Gasteiger partial charge is 0.381 e. The summed E-state index contributed by atoms with van der Waals surface area (Å²) in [5.74, 6) is -0.239. The molecule has 3 rings (SSSR count). The zero-order valence-electron chi connectivity index (χ0n) is 14.6. The fraction of sp³-hybridized carbons (Fsp3) is 0.526. The van der Waals surface area contributed by atoms with Crippen molar-refractivity contribution in [2.75, 3.05) is 32.8 Å². The number of nitrogens with zero attached hydrogens (tertiary/aromatic N) is 2. The van der Waals surface area contributed by atoms with Crippen LogP contribution in [0.2, 0.25) is 0 Å². The highest BCUT2D eigenvalue weighted by Crippen LogP contribution is 2.23. The van der Waals surface area contributed by atoms with Gasteiger partial charge in [-0.1, -0.05) is 12.1 Å². The topological polar surface area (TPSA) is 66.9 Å². The van der Waals surface area contributed by atoms with Crippen LogP contribution in [0.5, 0.6) is 0 Å². The van der Waals surface area contributed by atoms with Crippen molar-refractivity contribution in [1.29, 1.82) is 0 Å². The van der Waals surface area contributed by atoms with E-state index in [1.165, 1.54) is 4.90 Å². The average molecular weight is 344 g/mol. The van der Waals surface area contributed by atoms with Crippen LogP contribution in [0, 0.1) is 5.92 Å². The minimum absolute atomic E-state index is 0.00208. The summed E-state index contributed by atoms with van der Waals surface area (Å²) < 4.78 is 5.47. The maximum Gasteiger partial charge on any atom is 0.261 e. The van der Waals surface area contributed by atoms with Gasteiger partial charge < -0.3 is 9.64 Å². The number of amides is 3. The molecule has 1 saturated heterocycles. The van der Waals surface area contributed by atoms with Crippen LogP contribution in [-0.2, 0) is 9.53 Å². The van der Waals surface area contributed by atoms with E-state index in [0.29, 0.717) is 36.8 Å². The number of piperidine rings is 1. The van der Waals surface area contributed by atoms with Crippen LogP contribution in [-0.4, -0.2) is 60.4 Å². The lowest BCUT2D eigenvalue weighted by atomic mass is 9.98. The molecule has 6 heteroatoms. The number of fused-ring (bicyclic) bond motifs is 1. The third-order valence-electron chi connectivity index (χ3n) is 4.86. The highest BCUT2D eigenvalue weighted by molar-refractivity contribution is 6.21. The fourth-order valence-electron chi connectivity index (χ4n) is 3.52. The summed E-state index contributed by atoms with van der Waals surface area (Å²) in [6, 6.07) is 6.79. The van der Waals surface area contributed by atoms with E-state index in [4.69, 9.17) is 4.74 Å². The van der Waals surface area contributed by atoms with E-state index in [9.17, 15) is 14.4 Å². The predicted octanol–water partition coefficient (Wildman–Crippen LogP) is 1.95. The standard InChI is InChI=1S/C19H24N2O4/c1-2-25-13-14-6-5-10-20(12-14)17(22)9-11-21-18(23)15-7-3-4-8-16(15)19(21)24/h3-4,7-8,14H,2,5-6,9-13H2,1H3/t14-/m1/s1. The van der Waals surface area contributed by atoms with Gasteiger partial charge in [0.05, 0.1) is 17.7 Å². The third-order valence-corrected chi connectivity index (χ3v) is 4.86. The Kier molecular flexibility index (Phi) is 5.48. The minimum atomic E-state index is -0.304. The summed E-state index contributed by atoms with van der Waals surface area (Å²) in [4.78, 5) is 40.2. The van der Waals surface area contributed by atoms with Gasteiger partial charge in [0.2, 0.25) is 5.91 Å². The molecular weight excluding hydrogens is 320 g/mol. The second kappa shape index (κ2) is 7.78. The molecule has 1 aromatic carbocycles. The second-order valence-electron chi connectivity index (χ2n) is 6.57. The Hall–Kier alpha value is -2.21. The molecule has 0 aromatic heterocycles. The maximum absolute atomic E-state index is 12.5. The van der Waals surface area contributed by atoms with Crippen molar-refractivity contribution in [2.45, 2.75) is 26.2 Å². The van der Waals surface area contributed by atoms with E-state index in [0.717, 1.165) is 19.4 Å². The molecule has 2 aliphatic rings. The molecule has 0 spiro atoms. The Balaban J connectivity index is 1.54. The Labute approximate surface area is 147 Å². The number of ether oxygens (including phenoxy) is 1. The molecule has 134 valence electrons. The summed E-state index contributed by atoms with van der Waals surface area (Å²) in [5.41, 5.74) is 0.851. The highest BCUT2D eigenvalue weighted by Gasteiger charge is 2.35. The molecule has 3 amide bonds. The monoisotopic (exact) mass is 344 g/mol. The third kappa shape index (κ3) is 3.74. The van der Waals surface area contributed by atoms with E-state index in [-0.39, 0.29) is 30.7 Å². The van der Waals surface area contributed by atoms with Gasteiger partial charge in [-0.15, -0.1) is 0 Å². The van der Waals surface area contributed by atoms with Gasteiger partial charge in [0.1, 0.15) is 0 Å². The lowest BCUT2D eigenvalue weighted by Gasteiger charge is -2.33. The van der Waals surface area contributed by atoms with Crippen molar-refractivity contribution < 1.29 is 19.1 Å². The summed E-state index contributed by atoms with van der Waals surface area (Å²) in [6.45, 7) is 4.90. The van der Waals surface area contributed by atoms with Gasteiger partial charge in [-0.25, -0.2) is 0 Å². The Morgan fingerprint density at radius 2 is 1.88 bits per heavy atom. The lowest BCUT2D eigenvalue weighted by molar-refractivity contribution is -0.133. The van der Waals surface area contributed by atoms with Gasteiger partial charge in [-0.2, -0.15) is 0 Å². The van der Waals surface area contributed by atoms with Crippen molar-refractivity contribution in [1.82, 2.24) is 9.80 Å². The van der Waals surface area contributed by atoms with Gasteiger partial charge in [0, 0.05) is 32.7 Å². The first kappa shape index (κ1) is 17.6. The molecule has 1 atom stereocenters. The summed E-state index contributed by atoms with van der Waals surface area (Å²) >= 11 is 0. The highest BCUT2D eigenvalue weighted by atomic mass is 16.5. The summed E-state index contributed by atoms with van der Waals surface area (Å²) in [5, 5.41) is 0. The zero-order valence-corrected chi connectivity index (χ0v) is 14.6. The number of rotatable bonds is 6. The number of likely N-dealkylation sites (tertiary alicyclic amines) is 1. The van der Waals surface area contributed by atoms with Crippen LogP contribution in [0.15, 0.2) is 24.3 Å².